The summed E-state index contributed by atoms with van der Waals surface area (Å²) in [6.07, 6.45) is 8.72. The third kappa shape index (κ3) is 1.99. The number of nitrogens with zero attached hydrogens (tertiary/aromatic N) is 1. The number of rotatable bonds is 2. The Hall–Kier alpha value is -2.16. The van der Waals surface area contributed by atoms with E-state index >= 15 is 0 Å². The van der Waals surface area contributed by atoms with Crippen LogP contribution >= 0.6 is 0 Å². The summed E-state index contributed by atoms with van der Waals surface area (Å²) < 4.78 is 15.6. The maximum absolute atomic E-state index is 13.9. The highest BCUT2D eigenvalue weighted by atomic mass is 19.1. The number of allylic oxidation sites excluding steroid dienone is 4. The van der Waals surface area contributed by atoms with Crippen LogP contribution in [0.3, 0.4) is 0 Å². The monoisotopic (exact) mass is 269 g/mol. The number of fused-ring (bicyclic) bond motifs is 1. The summed E-state index contributed by atoms with van der Waals surface area (Å²) in [5.74, 6) is -0.338. The minimum atomic E-state index is -0.338. The van der Waals surface area contributed by atoms with Gasteiger partial charge in [-0.1, -0.05) is 25.1 Å². The van der Waals surface area contributed by atoms with Gasteiger partial charge in [0.25, 0.3) is 5.56 Å². The van der Waals surface area contributed by atoms with Gasteiger partial charge in [-0.3, -0.25) is 9.36 Å². The third-order valence-electron chi connectivity index (χ3n) is 3.68. The van der Waals surface area contributed by atoms with E-state index in [2.05, 4.69) is 12.2 Å². The van der Waals surface area contributed by atoms with Crippen molar-refractivity contribution in [1.82, 2.24) is 4.57 Å². The van der Waals surface area contributed by atoms with E-state index in [4.69, 9.17) is 0 Å². The lowest BCUT2D eigenvalue weighted by atomic mass is 10.1. The highest BCUT2D eigenvalue weighted by molar-refractivity contribution is 5.83. The fourth-order valence-electron chi connectivity index (χ4n) is 2.66. The highest BCUT2D eigenvalue weighted by Gasteiger charge is 2.13. The normalized spacial score (nSPS) is 14.6. The molecule has 2 aromatic rings. The molecule has 0 spiro atoms. The maximum atomic E-state index is 13.9. The number of aryl methyl sites for hydroxylation is 1. The van der Waals surface area contributed by atoms with Gasteiger partial charge in [0.05, 0.1) is 5.39 Å². The minimum Gasteiger partial charge on any atom is -0.281 e. The maximum Gasteiger partial charge on any atom is 0.263 e. The number of aromatic nitrogens is 1. The molecular formula is C17H16FNO. The molecule has 0 saturated heterocycles. The Morgan fingerprint density at radius 2 is 2.10 bits per heavy atom. The molecule has 0 amide bonds. The number of benzene rings is 1. The zero-order valence-corrected chi connectivity index (χ0v) is 11.4. The zero-order valence-electron chi connectivity index (χ0n) is 11.4. The summed E-state index contributed by atoms with van der Waals surface area (Å²) in [6, 6.07) is 6.45. The second kappa shape index (κ2) is 5.08. The molecule has 0 bridgehead atoms. The van der Waals surface area contributed by atoms with Crippen LogP contribution in [0.15, 0.2) is 47.3 Å². The van der Waals surface area contributed by atoms with E-state index in [9.17, 15) is 9.18 Å². The number of pyridine rings is 1. The van der Waals surface area contributed by atoms with Crippen molar-refractivity contribution < 1.29 is 4.39 Å². The first kappa shape index (κ1) is 12.9. The quantitative estimate of drug-likeness (QED) is 0.810. The zero-order chi connectivity index (χ0) is 14.1. The van der Waals surface area contributed by atoms with Crippen molar-refractivity contribution in [3.63, 3.8) is 0 Å². The van der Waals surface area contributed by atoms with Crippen molar-refractivity contribution in [3.05, 3.63) is 64.4 Å². The van der Waals surface area contributed by atoms with Gasteiger partial charge in [0.15, 0.2) is 0 Å². The van der Waals surface area contributed by atoms with Crippen molar-refractivity contribution >= 4 is 16.5 Å². The Labute approximate surface area is 116 Å². The van der Waals surface area contributed by atoms with Gasteiger partial charge in [-0.15, -0.1) is 0 Å². The lowest BCUT2D eigenvalue weighted by Crippen LogP contribution is -2.23. The van der Waals surface area contributed by atoms with E-state index in [1.807, 2.05) is 13.0 Å². The SMILES string of the molecule is CCc1cc2c(F)cccc2c(=O)n1C1=CCCC=C1. The van der Waals surface area contributed by atoms with Crippen LogP contribution < -0.4 is 5.56 Å². The number of hydrogen-bond donors (Lipinski definition) is 0. The van der Waals surface area contributed by atoms with E-state index in [1.165, 1.54) is 6.07 Å². The molecule has 0 N–H and O–H groups in total. The Morgan fingerprint density at radius 1 is 1.25 bits per heavy atom. The van der Waals surface area contributed by atoms with E-state index < -0.39 is 0 Å². The minimum absolute atomic E-state index is 0.142. The van der Waals surface area contributed by atoms with Gasteiger partial charge in [0.1, 0.15) is 5.82 Å². The van der Waals surface area contributed by atoms with Gasteiger partial charge < -0.3 is 0 Å². The molecule has 0 fully saturated rings. The largest absolute Gasteiger partial charge is 0.281 e. The topological polar surface area (TPSA) is 22.0 Å². The molecule has 1 aromatic carbocycles. The molecule has 20 heavy (non-hydrogen) atoms. The van der Waals surface area contributed by atoms with Crippen LogP contribution in [0, 0.1) is 5.82 Å². The molecule has 2 nitrogen and oxygen atoms in total. The summed E-state index contributed by atoms with van der Waals surface area (Å²) in [6.45, 7) is 1.98. The average Bonchev–Trinajstić information content (AvgIpc) is 2.49. The summed E-state index contributed by atoms with van der Waals surface area (Å²) in [5.41, 5.74) is 1.59. The van der Waals surface area contributed by atoms with Gasteiger partial charge in [0, 0.05) is 16.8 Å². The molecule has 102 valence electrons. The van der Waals surface area contributed by atoms with Crippen molar-refractivity contribution in [3.8, 4) is 0 Å². The van der Waals surface area contributed by atoms with Crippen LogP contribution in [-0.2, 0) is 6.42 Å². The molecule has 3 heteroatoms. The first-order chi connectivity index (χ1) is 9.72. The molecule has 0 radical (unpaired) electrons. The van der Waals surface area contributed by atoms with E-state index in [-0.39, 0.29) is 11.4 Å². The number of hydrogen-bond acceptors (Lipinski definition) is 1. The second-order valence-corrected chi connectivity index (χ2v) is 4.94. The molecule has 3 rings (SSSR count). The lowest BCUT2D eigenvalue weighted by molar-refractivity contribution is 0.639. The Balaban J connectivity index is 2.37. The van der Waals surface area contributed by atoms with Gasteiger partial charge >= 0.3 is 0 Å². The van der Waals surface area contributed by atoms with Gasteiger partial charge in [0.2, 0.25) is 0 Å². The summed E-state index contributed by atoms with van der Waals surface area (Å²) in [7, 11) is 0. The van der Waals surface area contributed by atoms with Crippen LogP contribution in [0.4, 0.5) is 4.39 Å². The Kier molecular flexibility index (Phi) is 3.26. The highest BCUT2D eigenvalue weighted by Crippen LogP contribution is 2.21. The van der Waals surface area contributed by atoms with Crippen LogP contribution in [0.1, 0.15) is 25.5 Å². The fraction of sp³-hybridized carbons (Fsp3) is 0.235. The van der Waals surface area contributed by atoms with Crippen molar-refractivity contribution in [2.24, 2.45) is 0 Å². The standard InChI is InChI=1S/C17H16FNO/c1-2-12-11-15-14(9-6-10-16(15)18)17(20)19(12)13-7-4-3-5-8-13/h4,6-11H,2-3,5H2,1H3. The Bertz CT molecular complexity index is 783. The summed E-state index contributed by atoms with van der Waals surface area (Å²) in [4.78, 5) is 12.7. The smallest absolute Gasteiger partial charge is 0.263 e. The van der Waals surface area contributed by atoms with Gasteiger partial charge in [-0.2, -0.15) is 0 Å². The fourth-order valence-corrected chi connectivity index (χ4v) is 2.66. The van der Waals surface area contributed by atoms with Gasteiger partial charge in [-0.25, -0.2) is 4.39 Å². The molecule has 0 aliphatic heterocycles. The molecule has 0 unspecified atom stereocenters. The van der Waals surface area contributed by atoms with Crippen LogP contribution in [0.2, 0.25) is 0 Å². The lowest BCUT2D eigenvalue weighted by Gasteiger charge is -2.16. The number of halogens is 1. The first-order valence-electron chi connectivity index (χ1n) is 6.92. The molecule has 0 saturated carbocycles. The summed E-state index contributed by atoms with van der Waals surface area (Å²) in [5, 5.41) is 0.841. The molecule has 1 aliphatic carbocycles. The molecule has 1 aromatic heterocycles. The predicted octanol–water partition coefficient (Wildman–Crippen LogP) is 3.89. The van der Waals surface area contributed by atoms with E-state index in [0.29, 0.717) is 17.2 Å². The molecular weight excluding hydrogens is 253 g/mol. The van der Waals surface area contributed by atoms with Gasteiger partial charge in [-0.05, 0) is 43.5 Å². The van der Waals surface area contributed by atoms with Crippen molar-refractivity contribution in [1.29, 1.82) is 0 Å². The predicted molar refractivity (Wildman–Crippen MR) is 80.2 cm³/mol. The van der Waals surface area contributed by atoms with Crippen LogP contribution in [0.5, 0.6) is 0 Å². The Morgan fingerprint density at radius 3 is 2.80 bits per heavy atom. The second-order valence-electron chi connectivity index (χ2n) is 4.94. The van der Waals surface area contributed by atoms with Crippen LogP contribution in [0.25, 0.3) is 16.5 Å². The molecule has 1 aliphatic rings. The molecule has 0 atom stereocenters. The van der Waals surface area contributed by atoms with Crippen LogP contribution in [-0.4, -0.2) is 4.57 Å². The third-order valence-corrected chi connectivity index (χ3v) is 3.68. The van der Waals surface area contributed by atoms with Crippen molar-refractivity contribution in [2.45, 2.75) is 26.2 Å². The average molecular weight is 269 g/mol. The van der Waals surface area contributed by atoms with E-state index in [1.54, 1.807) is 22.8 Å². The first-order valence-corrected chi connectivity index (χ1v) is 6.92. The van der Waals surface area contributed by atoms with Crippen molar-refractivity contribution in [2.75, 3.05) is 0 Å². The molecule has 1 heterocycles. The summed E-state index contributed by atoms with van der Waals surface area (Å²) >= 11 is 0. The van der Waals surface area contributed by atoms with E-state index in [0.717, 1.165) is 24.2 Å².